The summed E-state index contributed by atoms with van der Waals surface area (Å²) < 4.78 is 55.2. The molecule has 1 aromatic carbocycles. The van der Waals surface area contributed by atoms with E-state index in [4.69, 9.17) is 4.74 Å². The Balaban J connectivity index is 1.89. The lowest BCUT2D eigenvalue weighted by Gasteiger charge is -2.24. The van der Waals surface area contributed by atoms with Crippen LogP contribution in [0, 0.1) is 0 Å². The highest BCUT2D eigenvalue weighted by molar-refractivity contribution is 7.92. The van der Waals surface area contributed by atoms with E-state index in [1.807, 2.05) is 0 Å². The zero-order chi connectivity index (χ0) is 16.0. The zero-order valence-corrected chi connectivity index (χ0v) is 14.0. The third kappa shape index (κ3) is 2.87. The molecule has 0 bridgehead atoms. The number of hydrogen-bond donors (Lipinski definition) is 0. The van der Waals surface area contributed by atoms with Crippen molar-refractivity contribution in [2.45, 2.75) is 30.2 Å². The van der Waals surface area contributed by atoms with Gasteiger partial charge in [-0.1, -0.05) is 0 Å². The molecule has 0 radical (unpaired) electrons. The molecule has 0 spiro atoms. The summed E-state index contributed by atoms with van der Waals surface area (Å²) in [4.78, 5) is 0.198. The molecule has 122 valence electrons. The van der Waals surface area contributed by atoms with Crippen LogP contribution >= 0.6 is 0 Å². The average Bonchev–Trinajstić information content (AvgIpc) is 2.86. The van der Waals surface area contributed by atoms with Gasteiger partial charge in [0.15, 0.2) is 9.84 Å². The Morgan fingerprint density at radius 3 is 2.77 bits per heavy atom. The van der Waals surface area contributed by atoms with E-state index in [1.165, 1.54) is 17.4 Å². The van der Waals surface area contributed by atoms with Crippen LogP contribution in [0.5, 0.6) is 5.75 Å². The normalized spacial score (nSPS) is 24.0. The van der Waals surface area contributed by atoms with E-state index >= 15 is 0 Å². The molecule has 0 saturated carbocycles. The number of aryl methyl sites for hydroxylation is 1. The fourth-order valence-electron chi connectivity index (χ4n) is 2.92. The van der Waals surface area contributed by atoms with E-state index in [0.29, 0.717) is 13.0 Å². The lowest BCUT2D eigenvalue weighted by molar-refractivity contribution is 0.288. The third-order valence-electron chi connectivity index (χ3n) is 4.28. The first kappa shape index (κ1) is 15.8. The van der Waals surface area contributed by atoms with E-state index in [0.717, 1.165) is 24.2 Å². The van der Waals surface area contributed by atoms with E-state index in [9.17, 15) is 16.8 Å². The summed E-state index contributed by atoms with van der Waals surface area (Å²) in [5.74, 6) is 0.683. The molecule has 0 aliphatic carbocycles. The Kier molecular flexibility index (Phi) is 3.94. The number of nitrogens with zero attached hydrogens (tertiary/aromatic N) is 1. The molecule has 0 aromatic heterocycles. The molecule has 1 unspecified atom stereocenters. The Morgan fingerprint density at radius 1 is 1.32 bits per heavy atom. The second kappa shape index (κ2) is 5.50. The molecule has 6 nitrogen and oxygen atoms in total. The highest BCUT2D eigenvalue weighted by atomic mass is 32.2. The maximum absolute atomic E-state index is 12.7. The molecule has 1 saturated heterocycles. The summed E-state index contributed by atoms with van der Waals surface area (Å²) in [6.07, 6.45) is 2.01. The van der Waals surface area contributed by atoms with Crippen LogP contribution in [0.15, 0.2) is 23.1 Å². The van der Waals surface area contributed by atoms with Crippen LogP contribution in [0.4, 0.5) is 0 Å². The van der Waals surface area contributed by atoms with Crippen molar-refractivity contribution in [3.8, 4) is 5.75 Å². The van der Waals surface area contributed by atoms with Crippen molar-refractivity contribution in [1.29, 1.82) is 0 Å². The standard InChI is InChI=1S/C14H19NO5S2/c1-15(12-6-8-21(16,17)10-12)22(18,19)13-4-5-14-11(9-13)3-2-7-20-14/h4-5,9,12H,2-3,6-8,10H2,1H3. The van der Waals surface area contributed by atoms with E-state index < -0.39 is 25.9 Å². The third-order valence-corrected chi connectivity index (χ3v) is 7.94. The van der Waals surface area contributed by atoms with Gasteiger partial charge in [-0.2, -0.15) is 4.31 Å². The first-order chi connectivity index (χ1) is 10.3. The van der Waals surface area contributed by atoms with Crippen molar-refractivity contribution in [3.63, 3.8) is 0 Å². The molecule has 0 amide bonds. The summed E-state index contributed by atoms with van der Waals surface area (Å²) in [6, 6.07) is 4.37. The van der Waals surface area contributed by atoms with Crippen LogP contribution in [-0.2, 0) is 26.3 Å². The monoisotopic (exact) mass is 345 g/mol. The molecular weight excluding hydrogens is 326 g/mol. The van der Waals surface area contributed by atoms with Crippen molar-refractivity contribution in [2.75, 3.05) is 25.2 Å². The topological polar surface area (TPSA) is 80.8 Å². The molecule has 2 aliphatic rings. The van der Waals surface area contributed by atoms with Gasteiger partial charge in [0.2, 0.25) is 10.0 Å². The van der Waals surface area contributed by atoms with E-state index in [-0.39, 0.29) is 16.4 Å². The van der Waals surface area contributed by atoms with E-state index in [2.05, 4.69) is 0 Å². The Morgan fingerprint density at radius 2 is 2.09 bits per heavy atom. The maximum atomic E-state index is 12.7. The number of benzene rings is 1. The predicted molar refractivity (Wildman–Crippen MR) is 82.3 cm³/mol. The molecular formula is C14H19NO5S2. The highest BCUT2D eigenvalue weighted by Gasteiger charge is 2.36. The Hall–Kier alpha value is -1.12. The van der Waals surface area contributed by atoms with Crippen LogP contribution in [0.1, 0.15) is 18.4 Å². The minimum Gasteiger partial charge on any atom is -0.493 e. The van der Waals surface area contributed by atoms with Crippen LogP contribution in [0.3, 0.4) is 0 Å². The Bertz CT molecular complexity index is 785. The highest BCUT2D eigenvalue weighted by Crippen LogP contribution is 2.30. The molecule has 1 atom stereocenters. The van der Waals surface area contributed by atoms with Gasteiger partial charge in [0.1, 0.15) is 5.75 Å². The summed E-state index contributed by atoms with van der Waals surface area (Å²) in [5, 5.41) is 0. The first-order valence-electron chi connectivity index (χ1n) is 7.24. The van der Waals surface area contributed by atoms with Gasteiger partial charge in [0.05, 0.1) is 23.0 Å². The number of ether oxygens (including phenoxy) is 1. The number of rotatable bonds is 3. The minimum atomic E-state index is -3.69. The van der Waals surface area contributed by atoms with Gasteiger partial charge in [0, 0.05) is 13.1 Å². The summed E-state index contributed by atoms with van der Waals surface area (Å²) in [6.45, 7) is 0.652. The van der Waals surface area contributed by atoms with Gasteiger partial charge < -0.3 is 4.74 Å². The second-order valence-corrected chi connectivity index (χ2v) is 10.0. The van der Waals surface area contributed by atoms with E-state index in [1.54, 1.807) is 12.1 Å². The lowest BCUT2D eigenvalue weighted by Crippen LogP contribution is -2.37. The molecule has 3 rings (SSSR count). The van der Waals surface area contributed by atoms with Gasteiger partial charge >= 0.3 is 0 Å². The molecule has 2 aliphatic heterocycles. The summed E-state index contributed by atoms with van der Waals surface area (Å²) in [5.41, 5.74) is 0.889. The quantitative estimate of drug-likeness (QED) is 0.810. The van der Waals surface area contributed by atoms with Crippen molar-refractivity contribution >= 4 is 19.9 Å². The molecule has 1 aromatic rings. The molecule has 8 heteroatoms. The van der Waals surface area contributed by atoms with Gasteiger partial charge in [-0.15, -0.1) is 0 Å². The van der Waals surface area contributed by atoms with Crippen LogP contribution < -0.4 is 4.74 Å². The lowest BCUT2D eigenvalue weighted by atomic mass is 10.1. The number of fused-ring (bicyclic) bond motifs is 1. The molecule has 2 heterocycles. The summed E-state index contributed by atoms with van der Waals surface area (Å²) in [7, 11) is -5.36. The van der Waals surface area contributed by atoms with Crippen LogP contribution in [0.2, 0.25) is 0 Å². The number of hydrogen-bond acceptors (Lipinski definition) is 5. The number of sulfone groups is 1. The van der Waals surface area contributed by atoms with Gasteiger partial charge in [0.25, 0.3) is 0 Å². The zero-order valence-electron chi connectivity index (χ0n) is 12.4. The Labute approximate surface area is 131 Å². The number of sulfonamides is 1. The van der Waals surface area contributed by atoms with Crippen LogP contribution in [0.25, 0.3) is 0 Å². The SMILES string of the molecule is CN(C1CCS(=O)(=O)C1)S(=O)(=O)c1ccc2c(c1)CCCO2. The van der Waals surface area contributed by atoms with Gasteiger partial charge in [-0.25, -0.2) is 16.8 Å². The van der Waals surface area contributed by atoms with Crippen molar-refractivity contribution in [2.24, 2.45) is 0 Å². The van der Waals surface area contributed by atoms with Crippen molar-refractivity contribution in [1.82, 2.24) is 4.31 Å². The van der Waals surface area contributed by atoms with Crippen molar-refractivity contribution in [3.05, 3.63) is 23.8 Å². The second-order valence-electron chi connectivity index (χ2n) is 5.80. The average molecular weight is 345 g/mol. The van der Waals surface area contributed by atoms with Gasteiger partial charge in [-0.05, 0) is 43.0 Å². The largest absolute Gasteiger partial charge is 0.493 e. The minimum absolute atomic E-state index is 0.0511. The predicted octanol–water partition coefficient (Wildman–Crippen LogP) is 0.819. The fourth-order valence-corrected chi connectivity index (χ4v) is 6.23. The van der Waals surface area contributed by atoms with Crippen molar-refractivity contribution < 1.29 is 21.6 Å². The van der Waals surface area contributed by atoms with Crippen LogP contribution in [-0.4, -0.2) is 52.3 Å². The summed E-state index contributed by atoms with van der Waals surface area (Å²) >= 11 is 0. The molecule has 0 N–H and O–H groups in total. The smallest absolute Gasteiger partial charge is 0.243 e. The first-order valence-corrected chi connectivity index (χ1v) is 10.5. The molecule has 1 fully saturated rings. The van der Waals surface area contributed by atoms with Gasteiger partial charge in [-0.3, -0.25) is 0 Å². The fraction of sp³-hybridized carbons (Fsp3) is 0.571. The molecule has 22 heavy (non-hydrogen) atoms. The maximum Gasteiger partial charge on any atom is 0.243 e.